The van der Waals surface area contributed by atoms with E-state index in [9.17, 15) is 9.18 Å². The summed E-state index contributed by atoms with van der Waals surface area (Å²) in [6, 6.07) is 4.64. The van der Waals surface area contributed by atoms with Crippen molar-refractivity contribution in [3.63, 3.8) is 0 Å². The second-order valence-electron chi connectivity index (χ2n) is 4.59. The summed E-state index contributed by atoms with van der Waals surface area (Å²) in [5.74, 6) is -0.142. The first kappa shape index (κ1) is 16.2. The highest BCUT2D eigenvalue weighted by Gasteiger charge is 2.13. The predicted octanol–water partition coefficient (Wildman–Crippen LogP) is 1.11. The van der Waals surface area contributed by atoms with Crippen LogP contribution in [0.3, 0.4) is 0 Å². The molecule has 118 valence electrons. The molecule has 0 spiro atoms. The molecule has 2 rings (SSSR count). The van der Waals surface area contributed by atoms with Gasteiger partial charge in [-0.3, -0.25) is 4.79 Å². The molecule has 1 heterocycles. The number of rotatable bonds is 6. The molecule has 7 nitrogen and oxygen atoms in total. The van der Waals surface area contributed by atoms with E-state index in [0.29, 0.717) is 17.3 Å². The van der Waals surface area contributed by atoms with Gasteiger partial charge in [-0.1, -0.05) is 17.8 Å². The van der Waals surface area contributed by atoms with Crippen LogP contribution in [-0.4, -0.2) is 50.9 Å². The van der Waals surface area contributed by atoms with E-state index in [4.69, 9.17) is 4.74 Å². The van der Waals surface area contributed by atoms with Crippen LogP contribution in [-0.2, 0) is 18.4 Å². The van der Waals surface area contributed by atoms with Gasteiger partial charge in [0.05, 0.1) is 12.9 Å². The lowest BCUT2D eigenvalue weighted by Gasteiger charge is -2.17. The topological polar surface area (TPSA) is 73.1 Å². The number of methoxy groups -OCH3 is 1. The molecule has 0 radical (unpaired) electrons. The highest BCUT2D eigenvalue weighted by atomic mass is 32.2. The number of amides is 1. The summed E-state index contributed by atoms with van der Waals surface area (Å²) < 4.78 is 20.0. The van der Waals surface area contributed by atoms with Crippen molar-refractivity contribution in [3.05, 3.63) is 29.6 Å². The molecule has 0 aliphatic heterocycles. The Balaban J connectivity index is 1.91. The summed E-state index contributed by atoms with van der Waals surface area (Å²) in [6.07, 6.45) is 0. The van der Waals surface area contributed by atoms with Gasteiger partial charge in [-0.15, -0.1) is 5.10 Å². The lowest BCUT2D eigenvalue weighted by Crippen LogP contribution is -2.28. The van der Waals surface area contributed by atoms with Gasteiger partial charge in [0.2, 0.25) is 11.1 Å². The van der Waals surface area contributed by atoms with E-state index in [1.165, 1.54) is 34.5 Å². The number of carbonyl (C=O) groups excluding carboxylic acids is 1. The molecule has 2 aromatic rings. The van der Waals surface area contributed by atoms with Crippen molar-refractivity contribution in [2.75, 3.05) is 19.9 Å². The number of carbonyl (C=O) groups is 1. The molecule has 0 fully saturated rings. The normalized spacial score (nSPS) is 10.5. The smallest absolute Gasteiger partial charge is 0.233 e. The van der Waals surface area contributed by atoms with Gasteiger partial charge < -0.3 is 9.64 Å². The lowest BCUT2D eigenvalue weighted by molar-refractivity contribution is -0.127. The van der Waals surface area contributed by atoms with Crippen molar-refractivity contribution in [2.24, 2.45) is 7.05 Å². The highest BCUT2D eigenvalue weighted by Crippen LogP contribution is 2.19. The molecule has 0 aliphatic rings. The van der Waals surface area contributed by atoms with Crippen LogP contribution in [0.5, 0.6) is 5.75 Å². The molecule has 1 amide bonds. The lowest BCUT2D eigenvalue weighted by atomic mass is 10.2. The molecule has 0 N–H and O–H groups in total. The van der Waals surface area contributed by atoms with Crippen molar-refractivity contribution in [3.8, 4) is 5.75 Å². The van der Waals surface area contributed by atoms with E-state index < -0.39 is 5.82 Å². The molecule has 22 heavy (non-hydrogen) atoms. The van der Waals surface area contributed by atoms with Crippen LogP contribution >= 0.6 is 11.8 Å². The van der Waals surface area contributed by atoms with Crippen molar-refractivity contribution in [1.29, 1.82) is 0 Å². The van der Waals surface area contributed by atoms with E-state index >= 15 is 0 Å². The minimum absolute atomic E-state index is 0.0933. The van der Waals surface area contributed by atoms with Gasteiger partial charge >= 0.3 is 0 Å². The average molecular weight is 325 g/mol. The number of benzene rings is 1. The molecule has 0 saturated carbocycles. The zero-order valence-corrected chi connectivity index (χ0v) is 13.3. The summed E-state index contributed by atoms with van der Waals surface area (Å²) in [6.45, 7) is 0.317. The molecular formula is C13H16FN5O2S. The minimum atomic E-state index is -0.444. The van der Waals surface area contributed by atoms with E-state index in [-0.39, 0.29) is 17.4 Å². The summed E-state index contributed by atoms with van der Waals surface area (Å²) in [7, 11) is 4.78. The van der Waals surface area contributed by atoms with Gasteiger partial charge in [0.15, 0.2) is 11.6 Å². The van der Waals surface area contributed by atoms with Crippen molar-refractivity contribution < 1.29 is 13.9 Å². The zero-order valence-electron chi connectivity index (χ0n) is 12.5. The van der Waals surface area contributed by atoms with Gasteiger partial charge in [-0.05, 0) is 28.1 Å². The van der Waals surface area contributed by atoms with Crippen LogP contribution in [0.2, 0.25) is 0 Å². The first-order valence-electron chi connectivity index (χ1n) is 6.42. The third kappa shape index (κ3) is 3.94. The third-order valence-electron chi connectivity index (χ3n) is 2.97. The maximum Gasteiger partial charge on any atom is 0.233 e. The molecule has 0 aliphatic carbocycles. The second-order valence-corrected chi connectivity index (χ2v) is 5.53. The molecule has 0 saturated heterocycles. The van der Waals surface area contributed by atoms with Gasteiger partial charge in [0, 0.05) is 20.6 Å². The number of aromatic nitrogens is 4. The second kappa shape index (κ2) is 7.21. The quantitative estimate of drug-likeness (QED) is 0.741. The number of halogens is 1. The number of nitrogens with zero attached hydrogens (tertiary/aromatic N) is 5. The van der Waals surface area contributed by atoms with Crippen LogP contribution in [0.25, 0.3) is 0 Å². The van der Waals surface area contributed by atoms with Gasteiger partial charge in [0.1, 0.15) is 0 Å². The fourth-order valence-electron chi connectivity index (χ4n) is 1.75. The number of thioether (sulfide) groups is 1. The van der Waals surface area contributed by atoms with Crippen molar-refractivity contribution >= 4 is 17.7 Å². The molecule has 9 heteroatoms. The highest BCUT2D eigenvalue weighted by molar-refractivity contribution is 7.99. The molecule has 0 atom stereocenters. The predicted molar refractivity (Wildman–Crippen MR) is 78.9 cm³/mol. The number of hydrogen-bond acceptors (Lipinski definition) is 6. The summed E-state index contributed by atoms with van der Waals surface area (Å²) in [4.78, 5) is 13.6. The van der Waals surface area contributed by atoms with E-state index in [1.807, 2.05) is 0 Å². The van der Waals surface area contributed by atoms with Gasteiger partial charge in [-0.25, -0.2) is 9.07 Å². The Bertz CT molecular complexity index is 664. The van der Waals surface area contributed by atoms with Crippen molar-refractivity contribution in [1.82, 2.24) is 25.1 Å². The van der Waals surface area contributed by atoms with E-state index in [2.05, 4.69) is 15.5 Å². The molecule has 1 aromatic heterocycles. The SMILES string of the molecule is COc1ccc(CN(C)C(=O)CSc2nnnn2C)cc1F. The van der Waals surface area contributed by atoms with E-state index in [0.717, 1.165) is 0 Å². The Morgan fingerprint density at radius 1 is 1.50 bits per heavy atom. The first-order valence-corrected chi connectivity index (χ1v) is 7.41. The summed E-state index contributed by atoms with van der Waals surface area (Å²) >= 11 is 1.25. The first-order chi connectivity index (χ1) is 10.5. The zero-order chi connectivity index (χ0) is 16.1. The van der Waals surface area contributed by atoms with Gasteiger partial charge in [-0.2, -0.15) is 0 Å². The van der Waals surface area contributed by atoms with Crippen LogP contribution < -0.4 is 4.74 Å². The maximum absolute atomic E-state index is 13.6. The molecule has 0 unspecified atom stereocenters. The largest absolute Gasteiger partial charge is 0.494 e. The Labute approximate surface area is 131 Å². The molecular weight excluding hydrogens is 309 g/mol. The summed E-state index contributed by atoms with van der Waals surface area (Å²) in [5, 5.41) is 11.6. The standard InChI is InChI=1S/C13H16FN5O2S/c1-18(7-9-4-5-11(21-3)10(14)6-9)12(20)8-22-13-15-16-17-19(13)2/h4-6H,7-8H2,1-3H3. The number of tetrazole rings is 1. The van der Waals surface area contributed by atoms with Crippen molar-refractivity contribution in [2.45, 2.75) is 11.7 Å². The fourth-order valence-corrected chi connectivity index (χ4v) is 2.54. The summed E-state index contributed by atoms with van der Waals surface area (Å²) in [5.41, 5.74) is 0.694. The fraction of sp³-hybridized carbons (Fsp3) is 0.385. The van der Waals surface area contributed by atoms with Crippen LogP contribution in [0.15, 0.2) is 23.4 Å². The number of hydrogen-bond donors (Lipinski definition) is 0. The Hall–Kier alpha value is -2.16. The number of aryl methyl sites for hydroxylation is 1. The molecule has 0 bridgehead atoms. The van der Waals surface area contributed by atoms with Crippen LogP contribution in [0.1, 0.15) is 5.56 Å². The Morgan fingerprint density at radius 2 is 2.27 bits per heavy atom. The average Bonchev–Trinajstić information content (AvgIpc) is 2.90. The Morgan fingerprint density at radius 3 is 2.86 bits per heavy atom. The minimum Gasteiger partial charge on any atom is -0.494 e. The monoisotopic (exact) mass is 325 g/mol. The van der Waals surface area contributed by atoms with Crippen LogP contribution in [0.4, 0.5) is 4.39 Å². The number of ether oxygens (including phenoxy) is 1. The third-order valence-corrected chi connectivity index (χ3v) is 3.96. The van der Waals surface area contributed by atoms with Gasteiger partial charge in [0.25, 0.3) is 0 Å². The van der Waals surface area contributed by atoms with E-state index in [1.54, 1.807) is 26.2 Å². The molecule has 1 aromatic carbocycles. The maximum atomic E-state index is 13.6. The Kier molecular flexibility index (Phi) is 5.31. The van der Waals surface area contributed by atoms with Crippen LogP contribution in [0, 0.1) is 5.82 Å².